The first-order chi connectivity index (χ1) is 10.8. The third-order valence-electron chi connectivity index (χ3n) is 3.28. The zero-order valence-electron chi connectivity index (χ0n) is 12.8. The van der Waals surface area contributed by atoms with Crippen molar-refractivity contribution in [2.75, 3.05) is 10.6 Å². The van der Waals surface area contributed by atoms with Crippen molar-refractivity contribution >= 4 is 17.3 Å². The average molecular weight is 321 g/mol. The van der Waals surface area contributed by atoms with E-state index in [2.05, 4.69) is 24.5 Å². The van der Waals surface area contributed by atoms with Crippen LogP contribution in [-0.2, 0) is 6.18 Å². The van der Waals surface area contributed by atoms with Gasteiger partial charge in [-0.05, 0) is 41.8 Å². The lowest BCUT2D eigenvalue weighted by atomic mass is 10.0. The predicted molar refractivity (Wildman–Crippen MR) is 86.9 cm³/mol. The minimum absolute atomic E-state index is 0.0924. The first kappa shape index (κ1) is 16.9. The van der Waals surface area contributed by atoms with Crippen LogP contribution >= 0.6 is 0 Å². The molecule has 2 rings (SSSR count). The summed E-state index contributed by atoms with van der Waals surface area (Å²) in [6.07, 6.45) is -4.40. The number of halogens is 3. The highest BCUT2D eigenvalue weighted by molar-refractivity contribution is 6.01. The Bertz CT molecular complexity index is 693. The fourth-order valence-corrected chi connectivity index (χ4v) is 2.07. The van der Waals surface area contributed by atoms with E-state index in [-0.39, 0.29) is 11.6 Å². The molecule has 3 nitrogen and oxygen atoms in total. The standard InChI is InChI=1S/C17H18F3N3/c1-11(2)12-5-3-7-14(9-12)22-16(21)23-15-8-4-6-13(10-15)17(18,19)20/h3-11H,1-2H3,(H3,21,22,23). The van der Waals surface area contributed by atoms with Gasteiger partial charge in [0.1, 0.15) is 0 Å². The van der Waals surface area contributed by atoms with Gasteiger partial charge < -0.3 is 10.6 Å². The summed E-state index contributed by atoms with van der Waals surface area (Å²) in [4.78, 5) is 0. The molecule has 0 heterocycles. The minimum atomic E-state index is -4.40. The van der Waals surface area contributed by atoms with E-state index in [0.29, 0.717) is 11.6 Å². The molecule has 0 aromatic heterocycles. The van der Waals surface area contributed by atoms with Crippen molar-refractivity contribution in [2.45, 2.75) is 25.9 Å². The van der Waals surface area contributed by atoms with E-state index in [4.69, 9.17) is 5.41 Å². The Morgan fingerprint density at radius 2 is 1.52 bits per heavy atom. The van der Waals surface area contributed by atoms with Crippen LogP contribution in [0.5, 0.6) is 0 Å². The normalized spacial score (nSPS) is 11.4. The molecule has 2 aromatic rings. The van der Waals surface area contributed by atoms with Crippen LogP contribution in [-0.4, -0.2) is 5.96 Å². The maximum absolute atomic E-state index is 12.7. The van der Waals surface area contributed by atoms with Crippen molar-refractivity contribution in [3.8, 4) is 0 Å². The lowest BCUT2D eigenvalue weighted by Gasteiger charge is -2.14. The first-order valence-electron chi connectivity index (χ1n) is 7.15. The van der Waals surface area contributed by atoms with Gasteiger partial charge in [-0.2, -0.15) is 13.2 Å². The summed E-state index contributed by atoms with van der Waals surface area (Å²) in [5, 5.41) is 13.3. The number of benzene rings is 2. The molecule has 2 aromatic carbocycles. The molecule has 23 heavy (non-hydrogen) atoms. The number of rotatable bonds is 3. The van der Waals surface area contributed by atoms with Gasteiger partial charge in [0.2, 0.25) is 0 Å². The van der Waals surface area contributed by atoms with Gasteiger partial charge in [0, 0.05) is 11.4 Å². The number of alkyl halides is 3. The maximum atomic E-state index is 12.7. The Kier molecular flexibility index (Phi) is 4.93. The summed E-state index contributed by atoms with van der Waals surface area (Å²) in [5.41, 5.74) is 1.27. The van der Waals surface area contributed by atoms with Gasteiger partial charge in [0.25, 0.3) is 0 Å². The number of hydrogen-bond acceptors (Lipinski definition) is 1. The molecular weight excluding hydrogens is 303 g/mol. The van der Waals surface area contributed by atoms with Crippen LogP contribution in [0.4, 0.5) is 24.5 Å². The summed E-state index contributed by atoms with van der Waals surface area (Å²) in [7, 11) is 0. The molecular formula is C17H18F3N3. The summed E-state index contributed by atoms with van der Waals surface area (Å²) >= 11 is 0. The number of guanidine groups is 1. The van der Waals surface area contributed by atoms with Crippen LogP contribution in [0.2, 0.25) is 0 Å². The Morgan fingerprint density at radius 1 is 0.957 bits per heavy atom. The summed E-state index contributed by atoms with van der Waals surface area (Å²) in [5.74, 6) is 0.257. The molecule has 0 aliphatic rings. The molecule has 6 heteroatoms. The van der Waals surface area contributed by atoms with Crippen LogP contribution in [0.1, 0.15) is 30.9 Å². The molecule has 0 bridgehead atoms. The monoisotopic (exact) mass is 321 g/mol. The molecule has 0 aliphatic carbocycles. The van der Waals surface area contributed by atoms with E-state index in [0.717, 1.165) is 17.7 Å². The van der Waals surface area contributed by atoms with E-state index in [1.165, 1.54) is 12.1 Å². The average Bonchev–Trinajstić information content (AvgIpc) is 2.46. The smallest absolute Gasteiger partial charge is 0.326 e. The van der Waals surface area contributed by atoms with Crippen LogP contribution in [0.25, 0.3) is 0 Å². The molecule has 0 saturated heterocycles. The van der Waals surface area contributed by atoms with Gasteiger partial charge in [-0.1, -0.05) is 32.0 Å². The molecule has 0 fully saturated rings. The molecule has 0 amide bonds. The number of nitrogens with one attached hydrogen (secondary N) is 3. The molecule has 0 atom stereocenters. The topological polar surface area (TPSA) is 47.9 Å². The highest BCUT2D eigenvalue weighted by Crippen LogP contribution is 2.30. The van der Waals surface area contributed by atoms with Gasteiger partial charge >= 0.3 is 6.18 Å². The molecule has 0 saturated carbocycles. The second-order valence-electron chi connectivity index (χ2n) is 5.48. The van der Waals surface area contributed by atoms with Gasteiger partial charge in [0.15, 0.2) is 5.96 Å². The lowest BCUT2D eigenvalue weighted by molar-refractivity contribution is -0.137. The molecule has 0 radical (unpaired) electrons. The van der Waals surface area contributed by atoms with E-state index >= 15 is 0 Å². The molecule has 3 N–H and O–H groups in total. The van der Waals surface area contributed by atoms with Crippen molar-refractivity contribution in [1.29, 1.82) is 5.41 Å². The Hall–Kier alpha value is -2.50. The second kappa shape index (κ2) is 6.73. The summed E-state index contributed by atoms with van der Waals surface area (Å²) in [6, 6.07) is 12.3. The van der Waals surface area contributed by atoms with Crippen molar-refractivity contribution in [3.05, 3.63) is 59.7 Å². The van der Waals surface area contributed by atoms with Crippen molar-refractivity contribution in [3.63, 3.8) is 0 Å². The van der Waals surface area contributed by atoms with E-state index in [1.807, 2.05) is 18.2 Å². The zero-order chi connectivity index (χ0) is 17.0. The van der Waals surface area contributed by atoms with E-state index < -0.39 is 11.7 Å². The predicted octanol–water partition coefficient (Wildman–Crippen LogP) is 5.29. The van der Waals surface area contributed by atoms with Crippen LogP contribution in [0.15, 0.2) is 48.5 Å². The molecule has 0 spiro atoms. The number of anilines is 2. The highest BCUT2D eigenvalue weighted by atomic mass is 19.4. The van der Waals surface area contributed by atoms with Gasteiger partial charge in [-0.3, -0.25) is 5.41 Å². The third kappa shape index (κ3) is 4.74. The van der Waals surface area contributed by atoms with E-state index in [9.17, 15) is 13.2 Å². The fourth-order valence-electron chi connectivity index (χ4n) is 2.07. The summed E-state index contributed by atoms with van der Waals surface area (Å²) < 4.78 is 38.0. The summed E-state index contributed by atoms with van der Waals surface area (Å²) in [6.45, 7) is 4.12. The zero-order valence-corrected chi connectivity index (χ0v) is 12.8. The maximum Gasteiger partial charge on any atom is 0.416 e. The second-order valence-corrected chi connectivity index (χ2v) is 5.48. The Balaban J connectivity index is 2.07. The van der Waals surface area contributed by atoms with Crippen molar-refractivity contribution in [1.82, 2.24) is 0 Å². The lowest BCUT2D eigenvalue weighted by Crippen LogP contribution is -2.20. The minimum Gasteiger partial charge on any atom is -0.326 e. The Morgan fingerprint density at radius 3 is 2.09 bits per heavy atom. The third-order valence-corrected chi connectivity index (χ3v) is 3.28. The molecule has 0 aliphatic heterocycles. The Labute approximate surface area is 133 Å². The van der Waals surface area contributed by atoms with Crippen molar-refractivity contribution < 1.29 is 13.2 Å². The van der Waals surface area contributed by atoms with Gasteiger partial charge in [-0.25, -0.2) is 0 Å². The van der Waals surface area contributed by atoms with E-state index in [1.54, 1.807) is 6.07 Å². The van der Waals surface area contributed by atoms with Crippen LogP contribution in [0.3, 0.4) is 0 Å². The quantitative estimate of drug-likeness (QED) is 0.531. The van der Waals surface area contributed by atoms with Crippen LogP contribution in [0, 0.1) is 5.41 Å². The molecule has 0 unspecified atom stereocenters. The largest absolute Gasteiger partial charge is 0.416 e. The van der Waals surface area contributed by atoms with Crippen molar-refractivity contribution in [2.24, 2.45) is 0 Å². The van der Waals surface area contributed by atoms with Crippen LogP contribution < -0.4 is 10.6 Å². The van der Waals surface area contributed by atoms with Gasteiger partial charge in [0.05, 0.1) is 5.56 Å². The first-order valence-corrected chi connectivity index (χ1v) is 7.15. The SMILES string of the molecule is CC(C)c1cccc(NC(=N)Nc2cccc(C(F)(F)F)c2)c1. The van der Waals surface area contributed by atoms with Gasteiger partial charge in [-0.15, -0.1) is 0 Å². The highest BCUT2D eigenvalue weighted by Gasteiger charge is 2.30. The fraction of sp³-hybridized carbons (Fsp3) is 0.235. The number of hydrogen-bond donors (Lipinski definition) is 3. The molecule has 122 valence electrons.